The second-order valence-electron chi connectivity index (χ2n) is 3.42. The van der Waals surface area contributed by atoms with Gasteiger partial charge in [0.05, 0.1) is 17.1 Å². The number of nitrogens with zero attached hydrogens (tertiary/aromatic N) is 2. The second-order valence-corrected chi connectivity index (χ2v) is 5.62. The Labute approximate surface area is 113 Å². The molecule has 1 amide bonds. The van der Waals surface area contributed by atoms with Crippen LogP contribution in [-0.2, 0) is 14.9 Å². The van der Waals surface area contributed by atoms with Gasteiger partial charge in [0, 0.05) is 11.2 Å². The molecule has 0 bridgehead atoms. The van der Waals surface area contributed by atoms with Gasteiger partial charge in [0.15, 0.2) is 0 Å². The van der Waals surface area contributed by atoms with E-state index in [1.54, 1.807) is 0 Å². The first-order valence-corrected chi connectivity index (χ1v) is 6.82. The van der Waals surface area contributed by atoms with Crippen LogP contribution in [0.5, 0.6) is 0 Å². The minimum absolute atomic E-state index is 0.00976. The van der Waals surface area contributed by atoms with Crippen LogP contribution in [0.1, 0.15) is 6.42 Å². The van der Waals surface area contributed by atoms with Crippen LogP contribution < -0.4 is 5.01 Å². The third-order valence-corrected chi connectivity index (χ3v) is 3.80. The van der Waals surface area contributed by atoms with Gasteiger partial charge < -0.3 is 0 Å². The molecule has 1 heterocycles. The van der Waals surface area contributed by atoms with Crippen molar-refractivity contribution in [2.24, 2.45) is 5.10 Å². The molecule has 1 N–H and O–H groups in total. The highest BCUT2D eigenvalue weighted by atomic mass is 35.5. The maximum absolute atomic E-state index is 11.5. The maximum Gasteiger partial charge on any atom is 0.296 e. The smallest absolute Gasteiger partial charge is 0.282 e. The quantitative estimate of drug-likeness (QED) is 0.846. The fourth-order valence-electron chi connectivity index (χ4n) is 1.44. The lowest BCUT2D eigenvalue weighted by Gasteiger charge is -2.15. The van der Waals surface area contributed by atoms with Crippen LogP contribution in [0.15, 0.2) is 22.1 Å². The van der Waals surface area contributed by atoms with Crippen LogP contribution in [0, 0.1) is 0 Å². The number of rotatable bonds is 2. The number of hydrazone groups is 1. The zero-order valence-corrected chi connectivity index (χ0v) is 11.0. The van der Waals surface area contributed by atoms with E-state index in [1.165, 1.54) is 12.3 Å². The number of benzene rings is 1. The van der Waals surface area contributed by atoms with Crippen molar-refractivity contribution >= 4 is 51.1 Å². The molecule has 96 valence electrons. The molecule has 0 radical (unpaired) electrons. The van der Waals surface area contributed by atoms with E-state index in [1.807, 2.05) is 0 Å². The van der Waals surface area contributed by atoms with Crippen LogP contribution >= 0.6 is 23.2 Å². The summed E-state index contributed by atoms with van der Waals surface area (Å²) in [5.74, 6) is -0.375. The zero-order chi connectivity index (χ0) is 13.5. The topological polar surface area (TPSA) is 87.0 Å². The zero-order valence-electron chi connectivity index (χ0n) is 8.67. The third kappa shape index (κ3) is 2.35. The van der Waals surface area contributed by atoms with Gasteiger partial charge in [-0.2, -0.15) is 18.5 Å². The first-order valence-electron chi connectivity index (χ1n) is 4.62. The van der Waals surface area contributed by atoms with Crippen LogP contribution in [0.3, 0.4) is 0 Å². The normalized spacial score (nSPS) is 15.5. The molecule has 0 aliphatic carbocycles. The molecule has 0 saturated carbocycles. The van der Waals surface area contributed by atoms with E-state index in [-0.39, 0.29) is 28.1 Å². The Bertz CT molecular complexity index is 657. The van der Waals surface area contributed by atoms with Gasteiger partial charge >= 0.3 is 0 Å². The van der Waals surface area contributed by atoms with Gasteiger partial charge in [-0.25, -0.2) is 0 Å². The monoisotopic (exact) mass is 308 g/mol. The van der Waals surface area contributed by atoms with Crippen molar-refractivity contribution in [1.82, 2.24) is 0 Å². The molecule has 1 aromatic carbocycles. The van der Waals surface area contributed by atoms with Gasteiger partial charge in [0.25, 0.3) is 16.0 Å². The molecular formula is C9H6Cl2N2O4S. The SMILES string of the molecule is O=C1CC=NN1c1cc(Cl)cc(S(=O)(=O)O)c1Cl. The average Bonchev–Trinajstić information content (AvgIpc) is 2.66. The minimum Gasteiger partial charge on any atom is -0.282 e. The Morgan fingerprint density at radius 2 is 2.00 bits per heavy atom. The lowest BCUT2D eigenvalue weighted by Crippen LogP contribution is -2.20. The van der Waals surface area contributed by atoms with Crippen molar-refractivity contribution in [2.45, 2.75) is 11.3 Å². The second kappa shape index (κ2) is 4.51. The Kier molecular flexibility index (Phi) is 3.33. The van der Waals surface area contributed by atoms with Crippen molar-refractivity contribution < 1.29 is 17.8 Å². The van der Waals surface area contributed by atoms with E-state index in [9.17, 15) is 13.2 Å². The van der Waals surface area contributed by atoms with Crippen LogP contribution in [0.25, 0.3) is 0 Å². The van der Waals surface area contributed by atoms with Crippen LogP contribution in [0.2, 0.25) is 10.0 Å². The fraction of sp³-hybridized carbons (Fsp3) is 0.111. The number of halogens is 2. The van der Waals surface area contributed by atoms with E-state index in [2.05, 4.69) is 5.10 Å². The van der Waals surface area contributed by atoms with Gasteiger partial charge in [0.2, 0.25) is 0 Å². The Hall–Kier alpha value is -1.15. The van der Waals surface area contributed by atoms with E-state index < -0.39 is 15.0 Å². The lowest BCUT2D eigenvalue weighted by atomic mass is 10.3. The summed E-state index contributed by atoms with van der Waals surface area (Å²) in [4.78, 5) is 10.9. The number of anilines is 1. The van der Waals surface area contributed by atoms with E-state index >= 15 is 0 Å². The minimum atomic E-state index is -4.53. The summed E-state index contributed by atoms with van der Waals surface area (Å²) in [6.45, 7) is 0. The van der Waals surface area contributed by atoms with E-state index in [0.717, 1.165) is 11.1 Å². The summed E-state index contributed by atoms with van der Waals surface area (Å²) in [5, 5.41) is 4.38. The molecule has 2 rings (SSSR count). The predicted octanol–water partition coefficient (Wildman–Crippen LogP) is 1.96. The highest BCUT2D eigenvalue weighted by molar-refractivity contribution is 7.86. The van der Waals surface area contributed by atoms with Gasteiger partial charge in [-0.3, -0.25) is 9.35 Å². The molecule has 1 aliphatic heterocycles. The molecular weight excluding hydrogens is 303 g/mol. The Balaban J connectivity index is 2.66. The van der Waals surface area contributed by atoms with Gasteiger partial charge in [-0.1, -0.05) is 23.2 Å². The van der Waals surface area contributed by atoms with Crippen molar-refractivity contribution in [1.29, 1.82) is 0 Å². The molecule has 0 spiro atoms. The van der Waals surface area contributed by atoms with Crippen molar-refractivity contribution in [3.8, 4) is 0 Å². The van der Waals surface area contributed by atoms with E-state index in [0.29, 0.717) is 0 Å². The first kappa shape index (κ1) is 13.3. The number of carbonyl (C=O) groups excluding carboxylic acids is 1. The van der Waals surface area contributed by atoms with Gasteiger partial charge in [-0.05, 0) is 12.1 Å². The van der Waals surface area contributed by atoms with Crippen molar-refractivity contribution in [2.75, 3.05) is 5.01 Å². The van der Waals surface area contributed by atoms with Crippen LogP contribution in [0.4, 0.5) is 5.69 Å². The molecule has 6 nitrogen and oxygen atoms in total. The summed E-state index contributed by atoms with van der Waals surface area (Å²) in [6.07, 6.45) is 1.44. The summed E-state index contributed by atoms with van der Waals surface area (Å²) < 4.78 is 31.3. The molecule has 9 heteroatoms. The molecule has 0 aromatic heterocycles. The highest BCUT2D eigenvalue weighted by Crippen LogP contribution is 2.36. The summed E-state index contributed by atoms with van der Waals surface area (Å²) in [6, 6.07) is 2.28. The van der Waals surface area contributed by atoms with E-state index in [4.69, 9.17) is 27.8 Å². The molecule has 1 aliphatic rings. The molecule has 0 saturated heterocycles. The van der Waals surface area contributed by atoms with Gasteiger partial charge in [0.1, 0.15) is 4.90 Å². The Morgan fingerprint density at radius 1 is 1.33 bits per heavy atom. The number of hydrogen-bond donors (Lipinski definition) is 1. The lowest BCUT2D eigenvalue weighted by molar-refractivity contribution is -0.116. The molecule has 0 fully saturated rings. The summed E-state index contributed by atoms with van der Waals surface area (Å²) in [5.41, 5.74) is 0.00976. The van der Waals surface area contributed by atoms with Crippen molar-refractivity contribution in [3.05, 3.63) is 22.2 Å². The fourth-order valence-corrected chi connectivity index (χ4v) is 2.81. The molecule has 0 unspecified atom stereocenters. The molecule has 18 heavy (non-hydrogen) atoms. The number of carbonyl (C=O) groups is 1. The third-order valence-electron chi connectivity index (χ3n) is 2.19. The average molecular weight is 309 g/mol. The predicted molar refractivity (Wildman–Crippen MR) is 66.9 cm³/mol. The Morgan fingerprint density at radius 3 is 2.50 bits per heavy atom. The maximum atomic E-state index is 11.5. The number of hydrogen-bond acceptors (Lipinski definition) is 4. The highest BCUT2D eigenvalue weighted by Gasteiger charge is 2.26. The van der Waals surface area contributed by atoms with Crippen LogP contribution in [-0.4, -0.2) is 25.1 Å². The standard InChI is InChI=1S/C9H6Cl2N2O4S/c10-5-3-6(13-8(14)1-2-12-13)9(11)7(4-5)18(15,16)17/h2-4H,1H2,(H,15,16,17). The molecule has 1 aromatic rings. The summed E-state index contributed by atoms with van der Waals surface area (Å²) >= 11 is 11.6. The largest absolute Gasteiger partial charge is 0.296 e. The summed E-state index contributed by atoms with van der Waals surface area (Å²) in [7, 11) is -4.53. The first-order chi connectivity index (χ1) is 8.30. The number of amides is 1. The van der Waals surface area contributed by atoms with Gasteiger partial charge in [-0.15, -0.1) is 0 Å². The van der Waals surface area contributed by atoms with Crippen molar-refractivity contribution in [3.63, 3.8) is 0 Å². The molecule has 0 atom stereocenters.